The van der Waals surface area contributed by atoms with Gasteiger partial charge in [0.25, 0.3) is 0 Å². The van der Waals surface area contributed by atoms with E-state index in [1.807, 2.05) is 24.3 Å². The highest BCUT2D eigenvalue weighted by molar-refractivity contribution is 9.15. The summed E-state index contributed by atoms with van der Waals surface area (Å²) in [4.78, 5) is 0. The summed E-state index contributed by atoms with van der Waals surface area (Å²) in [6, 6.07) is 7.62. The molecular formula is C12H4Br6O. The summed E-state index contributed by atoms with van der Waals surface area (Å²) in [7, 11) is 0. The van der Waals surface area contributed by atoms with Gasteiger partial charge >= 0.3 is 0 Å². The lowest BCUT2D eigenvalue weighted by atomic mass is 10.3. The molecule has 0 aliphatic rings. The Labute approximate surface area is 161 Å². The molecule has 0 amide bonds. The fraction of sp³-hybridized carbons (Fsp3) is 0. The zero-order valence-corrected chi connectivity index (χ0v) is 18.5. The second-order valence-corrected chi connectivity index (χ2v) is 8.42. The molecule has 2 aromatic carbocycles. The first-order valence-corrected chi connectivity index (χ1v) is 9.62. The number of ether oxygens (including phenoxy) is 1. The number of rotatable bonds is 2. The molecular weight excluding hydrogens is 640 g/mol. The summed E-state index contributed by atoms with van der Waals surface area (Å²) < 4.78 is 11.4. The minimum absolute atomic E-state index is 0.733. The average molecular weight is 644 g/mol. The lowest BCUT2D eigenvalue weighted by Gasteiger charge is -2.11. The van der Waals surface area contributed by atoms with Gasteiger partial charge < -0.3 is 4.74 Å². The van der Waals surface area contributed by atoms with Crippen molar-refractivity contribution in [1.29, 1.82) is 0 Å². The van der Waals surface area contributed by atoms with E-state index >= 15 is 0 Å². The second kappa shape index (κ2) is 6.92. The van der Waals surface area contributed by atoms with Crippen molar-refractivity contribution in [3.8, 4) is 11.5 Å². The average Bonchev–Trinajstić information content (AvgIpc) is 2.36. The van der Waals surface area contributed by atoms with Crippen LogP contribution in [0.5, 0.6) is 11.5 Å². The molecule has 100 valence electrons. The predicted molar refractivity (Wildman–Crippen MR) is 99.2 cm³/mol. The molecule has 0 bridgehead atoms. The zero-order valence-electron chi connectivity index (χ0n) is 8.99. The molecule has 1 nitrogen and oxygen atoms in total. The topological polar surface area (TPSA) is 9.23 Å². The van der Waals surface area contributed by atoms with Crippen LogP contribution in [0, 0.1) is 0 Å². The van der Waals surface area contributed by atoms with Crippen molar-refractivity contribution in [2.45, 2.75) is 0 Å². The van der Waals surface area contributed by atoms with Crippen LogP contribution in [0.1, 0.15) is 0 Å². The van der Waals surface area contributed by atoms with Crippen molar-refractivity contribution in [3.05, 3.63) is 51.1 Å². The highest BCUT2D eigenvalue weighted by atomic mass is 79.9. The Morgan fingerprint density at radius 3 is 1.79 bits per heavy atom. The smallest absolute Gasteiger partial charge is 0.142 e. The molecule has 0 N–H and O–H groups in total. The molecule has 7 heteroatoms. The molecule has 0 saturated heterocycles. The van der Waals surface area contributed by atoms with Crippen molar-refractivity contribution in [1.82, 2.24) is 0 Å². The first-order valence-electron chi connectivity index (χ1n) is 4.86. The minimum Gasteiger partial charge on any atom is -0.456 e. The number of hydrogen-bond acceptors (Lipinski definition) is 1. The van der Waals surface area contributed by atoms with Gasteiger partial charge in [-0.3, -0.25) is 0 Å². The van der Waals surface area contributed by atoms with Crippen LogP contribution in [0.4, 0.5) is 0 Å². The van der Waals surface area contributed by atoms with Gasteiger partial charge in [0.2, 0.25) is 0 Å². The minimum atomic E-state index is 0.733. The van der Waals surface area contributed by atoms with Crippen molar-refractivity contribution in [2.75, 3.05) is 0 Å². The first-order chi connectivity index (χ1) is 8.90. The molecule has 2 rings (SSSR count). The van der Waals surface area contributed by atoms with Gasteiger partial charge in [-0.05, 0) is 120 Å². The van der Waals surface area contributed by atoms with Gasteiger partial charge in [-0.2, -0.15) is 0 Å². The van der Waals surface area contributed by atoms with E-state index in [2.05, 4.69) is 95.6 Å². The van der Waals surface area contributed by atoms with E-state index in [4.69, 9.17) is 4.74 Å². The maximum Gasteiger partial charge on any atom is 0.142 e. The monoisotopic (exact) mass is 638 g/mol. The largest absolute Gasteiger partial charge is 0.456 e. The molecule has 2 aromatic rings. The summed E-state index contributed by atoms with van der Waals surface area (Å²) in [5, 5.41) is 0. The Bertz CT molecular complexity index is 617. The van der Waals surface area contributed by atoms with Crippen molar-refractivity contribution in [2.24, 2.45) is 0 Å². The zero-order chi connectivity index (χ0) is 14.2. The van der Waals surface area contributed by atoms with E-state index in [0.717, 1.165) is 38.3 Å². The van der Waals surface area contributed by atoms with Crippen LogP contribution in [-0.2, 0) is 0 Å². The highest BCUT2D eigenvalue weighted by Gasteiger charge is 2.11. The van der Waals surface area contributed by atoms with E-state index in [-0.39, 0.29) is 0 Å². The maximum absolute atomic E-state index is 5.88. The van der Waals surface area contributed by atoms with Gasteiger partial charge in [-0.15, -0.1) is 0 Å². The van der Waals surface area contributed by atoms with Crippen LogP contribution in [0.25, 0.3) is 0 Å². The predicted octanol–water partition coefficient (Wildman–Crippen LogP) is 8.05. The molecule has 0 unspecified atom stereocenters. The van der Waals surface area contributed by atoms with Crippen LogP contribution in [0.3, 0.4) is 0 Å². The van der Waals surface area contributed by atoms with Gasteiger partial charge in [-0.1, -0.05) is 0 Å². The number of hydrogen-bond donors (Lipinski definition) is 0. The van der Waals surface area contributed by atoms with Gasteiger partial charge in [0.15, 0.2) is 0 Å². The third-order valence-electron chi connectivity index (χ3n) is 2.18. The number of benzene rings is 2. The molecule has 0 spiro atoms. The van der Waals surface area contributed by atoms with Crippen LogP contribution < -0.4 is 4.74 Å². The van der Waals surface area contributed by atoms with E-state index in [0.29, 0.717) is 0 Å². The maximum atomic E-state index is 5.88. The van der Waals surface area contributed by atoms with Gasteiger partial charge in [0, 0.05) is 22.4 Å². The van der Waals surface area contributed by atoms with E-state index in [9.17, 15) is 0 Å². The third kappa shape index (κ3) is 3.86. The SMILES string of the molecule is Brc1cc(Oc2ccc(Br)c(Br)c2Br)cc(Br)c1Br. The first kappa shape index (κ1) is 16.5. The molecule has 0 aliphatic carbocycles. The lowest BCUT2D eigenvalue weighted by Crippen LogP contribution is -1.88. The molecule has 0 aromatic heterocycles. The van der Waals surface area contributed by atoms with Gasteiger partial charge in [0.1, 0.15) is 11.5 Å². The summed E-state index contributed by atoms with van der Waals surface area (Å²) in [6.07, 6.45) is 0. The Hall–Kier alpha value is 1.12. The summed E-state index contributed by atoms with van der Waals surface area (Å²) in [5.41, 5.74) is 0. The Balaban J connectivity index is 2.39. The Kier molecular flexibility index (Phi) is 6.01. The Morgan fingerprint density at radius 1 is 0.632 bits per heavy atom. The van der Waals surface area contributed by atoms with E-state index in [1.165, 1.54) is 0 Å². The molecule has 0 fully saturated rings. The summed E-state index contributed by atoms with van der Waals surface area (Å²) >= 11 is 20.8. The van der Waals surface area contributed by atoms with Crippen molar-refractivity contribution >= 4 is 95.6 Å². The van der Waals surface area contributed by atoms with Crippen molar-refractivity contribution in [3.63, 3.8) is 0 Å². The van der Waals surface area contributed by atoms with E-state index in [1.54, 1.807) is 0 Å². The highest BCUT2D eigenvalue weighted by Crippen LogP contribution is 2.41. The van der Waals surface area contributed by atoms with E-state index < -0.39 is 0 Å². The summed E-state index contributed by atoms with van der Waals surface area (Å²) in [5.74, 6) is 1.47. The molecule has 0 saturated carbocycles. The molecule has 19 heavy (non-hydrogen) atoms. The fourth-order valence-electron chi connectivity index (χ4n) is 1.31. The summed E-state index contributed by atoms with van der Waals surface area (Å²) in [6.45, 7) is 0. The lowest BCUT2D eigenvalue weighted by molar-refractivity contribution is 0.478. The molecule has 0 atom stereocenters. The molecule has 0 radical (unpaired) electrons. The quantitative estimate of drug-likeness (QED) is 0.301. The third-order valence-corrected chi connectivity index (χ3v) is 8.69. The van der Waals surface area contributed by atoms with Crippen LogP contribution in [-0.4, -0.2) is 0 Å². The standard InChI is InChI=1S/C12H4Br6O/c13-6-1-2-9(12(18)11(6)17)19-5-3-7(14)10(16)8(15)4-5/h1-4H. The van der Waals surface area contributed by atoms with Crippen molar-refractivity contribution < 1.29 is 4.74 Å². The molecule has 0 heterocycles. The van der Waals surface area contributed by atoms with Gasteiger partial charge in [-0.25, -0.2) is 0 Å². The molecule has 0 aliphatic heterocycles. The van der Waals surface area contributed by atoms with Crippen LogP contribution in [0.15, 0.2) is 51.1 Å². The van der Waals surface area contributed by atoms with Gasteiger partial charge in [0.05, 0.1) is 4.47 Å². The normalized spacial score (nSPS) is 10.6. The van der Waals surface area contributed by atoms with Crippen LogP contribution in [0.2, 0.25) is 0 Å². The second-order valence-electron chi connectivity index (χ2n) is 3.48. The number of halogens is 6. The Morgan fingerprint density at radius 2 is 1.21 bits per heavy atom. The fourth-order valence-corrected chi connectivity index (χ4v) is 4.03. The van der Waals surface area contributed by atoms with Crippen LogP contribution >= 0.6 is 95.6 Å².